The van der Waals surface area contributed by atoms with Gasteiger partial charge in [0.2, 0.25) is 5.88 Å². The Morgan fingerprint density at radius 3 is 3.06 bits per heavy atom. The van der Waals surface area contributed by atoms with Gasteiger partial charge in [-0.25, -0.2) is 4.98 Å². The van der Waals surface area contributed by atoms with Crippen LogP contribution in [0.2, 0.25) is 0 Å². The normalized spacial score (nSPS) is 12.4. The highest BCUT2D eigenvalue weighted by molar-refractivity contribution is 7.07. The van der Waals surface area contributed by atoms with Gasteiger partial charge < -0.3 is 10.1 Å². The summed E-state index contributed by atoms with van der Waals surface area (Å²) < 4.78 is 5.22. The molecule has 4 heteroatoms. The predicted molar refractivity (Wildman–Crippen MR) is 70.4 cm³/mol. The fourth-order valence-electron chi connectivity index (χ4n) is 1.64. The molecule has 3 nitrogen and oxygen atoms in total. The summed E-state index contributed by atoms with van der Waals surface area (Å²) in [5.41, 5.74) is 2.40. The fourth-order valence-corrected chi connectivity index (χ4v) is 2.40. The average Bonchev–Trinajstić information content (AvgIpc) is 2.90. The SMILES string of the molecule is COc1ncccc1CNC(C)c1ccsc1. The van der Waals surface area contributed by atoms with Crippen molar-refractivity contribution in [1.82, 2.24) is 10.3 Å². The van der Waals surface area contributed by atoms with Gasteiger partial charge >= 0.3 is 0 Å². The molecule has 1 unspecified atom stereocenters. The summed E-state index contributed by atoms with van der Waals surface area (Å²) in [6.45, 7) is 2.92. The highest BCUT2D eigenvalue weighted by atomic mass is 32.1. The van der Waals surface area contributed by atoms with Crippen molar-refractivity contribution in [1.29, 1.82) is 0 Å². The van der Waals surface area contributed by atoms with Crippen molar-refractivity contribution in [2.75, 3.05) is 7.11 Å². The third-order valence-corrected chi connectivity index (χ3v) is 3.39. The quantitative estimate of drug-likeness (QED) is 0.883. The van der Waals surface area contributed by atoms with Gasteiger partial charge in [-0.2, -0.15) is 11.3 Å². The van der Waals surface area contributed by atoms with Gasteiger partial charge in [-0.3, -0.25) is 0 Å². The van der Waals surface area contributed by atoms with Gasteiger partial charge in [-0.1, -0.05) is 6.07 Å². The molecule has 0 aliphatic carbocycles. The van der Waals surface area contributed by atoms with E-state index in [9.17, 15) is 0 Å². The minimum atomic E-state index is 0.339. The summed E-state index contributed by atoms with van der Waals surface area (Å²) >= 11 is 1.72. The Bertz CT molecular complexity index is 456. The molecule has 0 radical (unpaired) electrons. The maximum Gasteiger partial charge on any atom is 0.217 e. The minimum absolute atomic E-state index is 0.339. The lowest BCUT2D eigenvalue weighted by Gasteiger charge is -2.13. The van der Waals surface area contributed by atoms with Gasteiger partial charge in [-0.05, 0) is 35.4 Å². The van der Waals surface area contributed by atoms with Crippen LogP contribution in [0.5, 0.6) is 5.88 Å². The van der Waals surface area contributed by atoms with Crippen molar-refractivity contribution in [3.05, 3.63) is 46.3 Å². The van der Waals surface area contributed by atoms with Gasteiger partial charge in [0.25, 0.3) is 0 Å². The molecule has 0 aliphatic rings. The van der Waals surface area contributed by atoms with Crippen molar-refractivity contribution in [3.8, 4) is 5.88 Å². The summed E-state index contributed by atoms with van der Waals surface area (Å²) in [6.07, 6.45) is 1.74. The lowest BCUT2D eigenvalue weighted by molar-refractivity contribution is 0.389. The first-order valence-electron chi connectivity index (χ1n) is 5.54. The fraction of sp³-hybridized carbons (Fsp3) is 0.308. The third kappa shape index (κ3) is 3.05. The third-order valence-electron chi connectivity index (χ3n) is 2.69. The molecular weight excluding hydrogens is 232 g/mol. The van der Waals surface area contributed by atoms with Crippen LogP contribution in [0.25, 0.3) is 0 Å². The van der Waals surface area contributed by atoms with E-state index in [0.717, 1.165) is 12.1 Å². The number of ether oxygens (including phenoxy) is 1. The Hall–Kier alpha value is -1.39. The summed E-state index contributed by atoms with van der Waals surface area (Å²) in [5, 5.41) is 7.72. The number of methoxy groups -OCH3 is 1. The van der Waals surface area contributed by atoms with Crippen LogP contribution in [0, 0.1) is 0 Å². The van der Waals surface area contributed by atoms with Crippen LogP contribution in [0.3, 0.4) is 0 Å². The van der Waals surface area contributed by atoms with E-state index in [1.54, 1.807) is 24.6 Å². The maximum absolute atomic E-state index is 5.22. The summed E-state index contributed by atoms with van der Waals surface area (Å²) in [7, 11) is 1.65. The molecule has 0 aromatic carbocycles. The summed E-state index contributed by atoms with van der Waals surface area (Å²) in [5.74, 6) is 0.692. The zero-order valence-corrected chi connectivity index (χ0v) is 10.8. The second-order valence-corrected chi connectivity index (χ2v) is 4.61. The molecule has 0 bridgehead atoms. The first-order chi connectivity index (χ1) is 8.31. The lowest BCUT2D eigenvalue weighted by atomic mass is 10.1. The van der Waals surface area contributed by atoms with Gasteiger partial charge in [0.1, 0.15) is 0 Å². The van der Waals surface area contributed by atoms with Crippen LogP contribution >= 0.6 is 11.3 Å². The largest absolute Gasteiger partial charge is 0.481 e. The number of rotatable bonds is 5. The second kappa shape index (κ2) is 5.80. The van der Waals surface area contributed by atoms with E-state index in [0.29, 0.717) is 11.9 Å². The molecule has 17 heavy (non-hydrogen) atoms. The highest BCUT2D eigenvalue weighted by Crippen LogP contribution is 2.18. The standard InChI is InChI=1S/C13H16N2OS/c1-10(12-5-7-17-9-12)15-8-11-4-3-6-14-13(11)16-2/h3-7,9-10,15H,8H2,1-2H3. The molecule has 2 aromatic heterocycles. The van der Waals surface area contributed by atoms with E-state index >= 15 is 0 Å². The number of nitrogens with zero attached hydrogens (tertiary/aromatic N) is 1. The molecule has 1 N–H and O–H groups in total. The van der Waals surface area contributed by atoms with E-state index in [1.165, 1.54) is 5.56 Å². The molecule has 0 aliphatic heterocycles. The second-order valence-electron chi connectivity index (χ2n) is 3.83. The van der Waals surface area contributed by atoms with E-state index in [2.05, 4.69) is 34.1 Å². The van der Waals surface area contributed by atoms with Gasteiger partial charge in [0, 0.05) is 24.3 Å². The van der Waals surface area contributed by atoms with Crippen LogP contribution in [-0.2, 0) is 6.54 Å². The van der Waals surface area contributed by atoms with Crippen molar-refractivity contribution in [3.63, 3.8) is 0 Å². The van der Waals surface area contributed by atoms with Crippen LogP contribution in [-0.4, -0.2) is 12.1 Å². The van der Waals surface area contributed by atoms with Gasteiger partial charge in [-0.15, -0.1) is 0 Å². The molecule has 0 fully saturated rings. The minimum Gasteiger partial charge on any atom is -0.481 e. The average molecular weight is 248 g/mol. The van der Waals surface area contributed by atoms with E-state index in [1.807, 2.05) is 12.1 Å². The number of hydrogen-bond donors (Lipinski definition) is 1. The van der Waals surface area contributed by atoms with Crippen molar-refractivity contribution in [2.45, 2.75) is 19.5 Å². The first kappa shape index (κ1) is 12.1. The smallest absolute Gasteiger partial charge is 0.217 e. The number of pyridine rings is 1. The Kier molecular flexibility index (Phi) is 4.12. The number of aromatic nitrogens is 1. The molecule has 0 spiro atoms. The first-order valence-corrected chi connectivity index (χ1v) is 6.49. The molecule has 0 saturated heterocycles. The number of nitrogens with one attached hydrogen (secondary N) is 1. The predicted octanol–water partition coefficient (Wildman–Crippen LogP) is 3.00. The Balaban J connectivity index is 1.98. The zero-order valence-electron chi connectivity index (χ0n) is 10.0. The molecular formula is C13H16N2OS. The Morgan fingerprint density at radius 2 is 2.35 bits per heavy atom. The lowest BCUT2D eigenvalue weighted by Crippen LogP contribution is -2.18. The van der Waals surface area contributed by atoms with Crippen LogP contribution < -0.4 is 10.1 Å². The van der Waals surface area contributed by atoms with Crippen molar-refractivity contribution >= 4 is 11.3 Å². The highest BCUT2D eigenvalue weighted by Gasteiger charge is 2.07. The van der Waals surface area contributed by atoms with Crippen molar-refractivity contribution in [2.24, 2.45) is 0 Å². The zero-order chi connectivity index (χ0) is 12.1. The molecule has 2 heterocycles. The Labute approximate surface area is 105 Å². The molecule has 2 aromatic rings. The molecule has 0 amide bonds. The number of hydrogen-bond acceptors (Lipinski definition) is 4. The topological polar surface area (TPSA) is 34.1 Å². The van der Waals surface area contributed by atoms with Gasteiger partial charge in [0.15, 0.2) is 0 Å². The molecule has 2 rings (SSSR count). The monoisotopic (exact) mass is 248 g/mol. The van der Waals surface area contributed by atoms with E-state index in [4.69, 9.17) is 4.74 Å². The van der Waals surface area contributed by atoms with Crippen LogP contribution in [0.15, 0.2) is 35.2 Å². The van der Waals surface area contributed by atoms with Crippen LogP contribution in [0.1, 0.15) is 24.1 Å². The van der Waals surface area contributed by atoms with E-state index < -0.39 is 0 Å². The summed E-state index contributed by atoms with van der Waals surface area (Å²) in [4.78, 5) is 4.18. The maximum atomic E-state index is 5.22. The summed E-state index contributed by atoms with van der Waals surface area (Å²) in [6, 6.07) is 6.43. The molecule has 1 atom stereocenters. The number of thiophene rings is 1. The van der Waals surface area contributed by atoms with Crippen LogP contribution in [0.4, 0.5) is 0 Å². The van der Waals surface area contributed by atoms with E-state index in [-0.39, 0.29) is 0 Å². The molecule has 0 saturated carbocycles. The van der Waals surface area contributed by atoms with Gasteiger partial charge in [0.05, 0.1) is 7.11 Å². The van der Waals surface area contributed by atoms with Crippen molar-refractivity contribution < 1.29 is 4.74 Å². The Morgan fingerprint density at radius 1 is 1.47 bits per heavy atom. The molecule has 90 valence electrons.